The first-order chi connectivity index (χ1) is 14.8. The zero-order valence-corrected chi connectivity index (χ0v) is 15.8. The Kier molecular flexibility index (Phi) is 4.46. The van der Waals surface area contributed by atoms with Crippen molar-refractivity contribution >= 4 is 17.1 Å². The molecule has 3 aromatic heterocycles. The zero-order chi connectivity index (χ0) is 20.3. The van der Waals surface area contributed by atoms with E-state index in [-0.39, 0.29) is 5.56 Å². The van der Waals surface area contributed by atoms with E-state index in [4.69, 9.17) is 5.10 Å². The molecule has 144 valence electrons. The van der Waals surface area contributed by atoms with Crippen molar-refractivity contribution in [3.8, 4) is 16.9 Å². The summed E-state index contributed by atoms with van der Waals surface area (Å²) in [5.74, 6) is 0. The average molecular weight is 392 g/mol. The minimum atomic E-state index is -0.227. The molecule has 3 heterocycles. The molecular weight excluding hydrogens is 376 g/mol. The van der Waals surface area contributed by atoms with E-state index in [1.807, 2.05) is 60.8 Å². The minimum Gasteiger partial charge on any atom is -0.267 e. The first kappa shape index (κ1) is 17.7. The zero-order valence-electron chi connectivity index (χ0n) is 15.8. The standard InChI is InChI=1S/C23H16N6O/c30-23-20-10-4-5-11-21(20)25-16-29(23)26-14-18-15-28(19-8-2-1-3-9-19)27-22(18)17-7-6-12-24-13-17/h1-16H. The van der Waals surface area contributed by atoms with Crippen LogP contribution in [0.1, 0.15) is 5.56 Å². The highest BCUT2D eigenvalue weighted by atomic mass is 16.1. The third-order valence-corrected chi connectivity index (χ3v) is 4.67. The van der Waals surface area contributed by atoms with Crippen LogP contribution in [0.2, 0.25) is 0 Å². The monoisotopic (exact) mass is 392 g/mol. The van der Waals surface area contributed by atoms with Crippen LogP contribution >= 0.6 is 0 Å². The molecule has 0 aliphatic carbocycles. The Hall–Kier alpha value is -4.39. The Bertz CT molecular complexity index is 1400. The predicted octanol–water partition coefficient (Wildman–Crippen LogP) is 3.53. The highest BCUT2D eigenvalue weighted by Crippen LogP contribution is 2.21. The molecule has 0 aliphatic rings. The number of pyridine rings is 1. The van der Waals surface area contributed by atoms with Crippen molar-refractivity contribution in [3.05, 3.63) is 108 Å². The summed E-state index contributed by atoms with van der Waals surface area (Å²) in [6.45, 7) is 0. The molecule has 0 radical (unpaired) electrons. The summed E-state index contributed by atoms with van der Waals surface area (Å²) < 4.78 is 3.01. The van der Waals surface area contributed by atoms with E-state index >= 15 is 0 Å². The third kappa shape index (κ3) is 3.29. The largest absolute Gasteiger partial charge is 0.281 e. The molecule has 7 heteroatoms. The van der Waals surface area contributed by atoms with Crippen molar-refractivity contribution in [1.82, 2.24) is 24.4 Å². The van der Waals surface area contributed by atoms with Crippen LogP contribution in [0, 0.1) is 0 Å². The van der Waals surface area contributed by atoms with E-state index in [0.29, 0.717) is 10.9 Å². The van der Waals surface area contributed by atoms with E-state index in [1.165, 1.54) is 11.0 Å². The molecule has 0 saturated carbocycles. The van der Waals surface area contributed by atoms with Crippen molar-refractivity contribution in [3.63, 3.8) is 0 Å². The number of aromatic nitrogens is 5. The highest BCUT2D eigenvalue weighted by Gasteiger charge is 2.11. The average Bonchev–Trinajstić information content (AvgIpc) is 3.24. The van der Waals surface area contributed by atoms with Crippen LogP contribution in [0.3, 0.4) is 0 Å². The van der Waals surface area contributed by atoms with E-state index < -0.39 is 0 Å². The van der Waals surface area contributed by atoms with Crippen LogP contribution in [0.15, 0.2) is 102 Å². The Morgan fingerprint density at radius 3 is 2.60 bits per heavy atom. The quantitative estimate of drug-likeness (QED) is 0.439. The summed E-state index contributed by atoms with van der Waals surface area (Å²) in [5, 5.41) is 9.60. The first-order valence-corrected chi connectivity index (χ1v) is 9.36. The maximum absolute atomic E-state index is 12.7. The summed E-state index contributed by atoms with van der Waals surface area (Å²) in [6.07, 6.45) is 8.38. The predicted molar refractivity (Wildman–Crippen MR) is 116 cm³/mol. The second kappa shape index (κ2) is 7.56. The molecule has 0 atom stereocenters. The molecule has 0 bridgehead atoms. The molecule has 30 heavy (non-hydrogen) atoms. The number of hydrogen-bond acceptors (Lipinski definition) is 5. The van der Waals surface area contributed by atoms with E-state index in [2.05, 4.69) is 15.1 Å². The van der Waals surface area contributed by atoms with Crippen LogP contribution in [-0.4, -0.2) is 30.6 Å². The van der Waals surface area contributed by atoms with Crippen molar-refractivity contribution in [2.75, 3.05) is 0 Å². The van der Waals surface area contributed by atoms with Gasteiger partial charge in [0.15, 0.2) is 0 Å². The maximum Gasteiger partial charge on any atom is 0.281 e. The van der Waals surface area contributed by atoms with Crippen molar-refractivity contribution in [2.24, 2.45) is 5.10 Å². The topological polar surface area (TPSA) is 78.0 Å². The Morgan fingerprint density at radius 2 is 1.77 bits per heavy atom. The van der Waals surface area contributed by atoms with Gasteiger partial charge in [0, 0.05) is 29.7 Å². The van der Waals surface area contributed by atoms with Crippen molar-refractivity contribution in [2.45, 2.75) is 0 Å². The van der Waals surface area contributed by atoms with Gasteiger partial charge in [0.25, 0.3) is 5.56 Å². The SMILES string of the molecule is O=c1c2ccccc2ncn1N=Cc1cn(-c2ccccc2)nc1-c1cccnc1. The lowest BCUT2D eigenvalue weighted by Crippen LogP contribution is -2.16. The second-order valence-electron chi connectivity index (χ2n) is 6.61. The Balaban J connectivity index is 1.61. The molecule has 0 saturated heterocycles. The van der Waals surface area contributed by atoms with Gasteiger partial charge in [0.05, 0.1) is 22.8 Å². The lowest BCUT2D eigenvalue weighted by molar-refractivity contribution is 0.817. The molecular formula is C23H16N6O. The summed E-state index contributed by atoms with van der Waals surface area (Å²) in [4.78, 5) is 21.2. The van der Waals surface area contributed by atoms with E-state index in [0.717, 1.165) is 22.5 Å². The number of benzene rings is 2. The van der Waals surface area contributed by atoms with Crippen LogP contribution in [-0.2, 0) is 0 Å². The second-order valence-corrected chi connectivity index (χ2v) is 6.61. The molecule has 0 N–H and O–H groups in total. The fourth-order valence-electron chi connectivity index (χ4n) is 3.19. The maximum atomic E-state index is 12.7. The molecule has 5 rings (SSSR count). The summed E-state index contributed by atoms with van der Waals surface area (Å²) in [6, 6.07) is 20.8. The van der Waals surface area contributed by atoms with Gasteiger partial charge in [-0.3, -0.25) is 9.78 Å². The minimum absolute atomic E-state index is 0.227. The van der Waals surface area contributed by atoms with Gasteiger partial charge in [-0.1, -0.05) is 30.3 Å². The van der Waals surface area contributed by atoms with Crippen LogP contribution < -0.4 is 5.56 Å². The molecule has 7 nitrogen and oxygen atoms in total. The normalized spacial score (nSPS) is 11.3. The van der Waals surface area contributed by atoms with Gasteiger partial charge < -0.3 is 0 Å². The van der Waals surface area contributed by atoms with Crippen LogP contribution in [0.4, 0.5) is 0 Å². The van der Waals surface area contributed by atoms with Gasteiger partial charge in [0.1, 0.15) is 12.0 Å². The van der Waals surface area contributed by atoms with Gasteiger partial charge in [-0.05, 0) is 36.4 Å². The molecule has 5 aromatic rings. The number of hydrogen-bond donors (Lipinski definition) is 0. The van der Waals surface area contributed by atoms with E-state index in [1.54, 1.807) is 35.4 Å². The molecule has 0 unspecified atom stereocenters. The third-order valence-electron chi connectivity index (χ3n) is 4.67. The van der Waals surface area contributed by atoms with E-state index in [9.17, 15) is 4.79 Å². The molecule has 0 amide bonds. The summed E-state index contributed by atoms with van der Waals surface area (Å²) in [7, 11) is 0. The van der Waals surface area contributed by atoms with Crippen LogP contribution in [0.25, 0.3) is 27.8 Å². The Labute approximate surface area is 171 Å². The lowest BCUT2D eigenvalue weighted by atomic mass is 10.1. The first-order valence-electron chi connectivity index (χ1n) is 9.36. The van der Waals surface area contributed by atoms with Crippen molar-refractivity contribution < 1.29 is 0 Å². The lowest BCUT2D eigenvalue weighted by Gasteiger charge is -2.00. The number of fused-ring (bicyclic) bond motifs is 1. The number of nitrogens with zero attached hydrogens (tertiary/aromatic N) is 6. The fourth-order valence-corrected chi connectivity index (χ4v) is 3.19. The van der Waals surface area contributed by atoms with Gasteiger partial charge in [-0.25, -0.2) is 9.67 Å². The molecule has 2 aromatic carbocycles. The van der Waals surface area contributed by atoms with Gasteiger partial charge in [0.2, 0.25) is 0 Å². The van der Waals surface area contributed by atoms with Gasteiger partial charge in [-0.15, -0.1) is 0 Å². The molecule has 0 aliphatic heterocycles. The Morgan fingerprint density at radius 1 is 0.933 bits per heavy atom. The summed E-state index contributed by atoms with van der Waals surface area (Å²) in [5.41, 5.74) is 3.67. The fraction of sp³-hybridized carbons (Fsp3) is 0. The highest BCUT2D eigenvalue weighted by molar-refractivity contribution is 5.88. The summed E-state index contributed by atoms with van der Waals surface area (Å²) >= 11 is 0. The van der Waals surface area contributed by atoms with Gasteiger partial charge >= 0.3 is 0 Å². The molecule has 0 fully saturated rings. The van der Waals surface area contributed by atoms with Gasteiger partial charge in [-0.2, -0.15) is 14.9 Å². The van der Waals surface area contributed by atoms with Crippen LogP contribution in [0.5, 0.6) is 0 Å². The molecule has 0 spiro atoms. The van der Waals surface area contributed by atoms with Crippen molar-refractivity contribution in [1.29, 1.82) is 0 Å². The number of para-hydroxylation sites is 2. The number of rotatable bonds is 4. The smallest absolute Gasteiger partial charge is 0.267 e.